The van der Waals surface area contributed by atoms with Gasteiger partial charge in [-0.25, -0.2) is 0 Å². The summed E-state index contributed by atoms with van der Waals surface area (Å²) < 4.78 is 62.2. The van der Waals surface area contributed by atoms with Gasteiger partial charge in [-0.2, -0.15) is 16.8 Å². The molecular formula is C10H9NO9S2. The third kappa shape index (κ3) is 3.05. The third-order valence-corrected chi connectivity index (χ3v) is 4.41. The van der Waals surface area contributed by atoms with Crippen LogP contribution in [0.5, 0.6) is 5.75 Å². The molecule has 0 fully saturated rings. The fourth-order valence-electron chi connectivity index (χ4n) is 1.78. The Labute approximate surface area is 123 Å². The van der Waals surface area contributed by atoms with E-state index in [0.717, 1.165) is 24.3 Å². The van der Waals surface area contributed by atoms with Crippen LogP contribution < -0.4 is 0 Å². The summed E-state index contributed by atoms with van der Waals surface area (Å²) in [5.74, 6) is -1.06. The van der Waals surface area contributed by atoms with Crippen LogP contribution in [-0.4, -0.2) is 36.5 Å². The molecule has 0 unspecified atom stereocenters. The number of hydrogen-bond acceptors (Lipinski definition) is 7. The van der Waals surface area contributed by atoms with Gasteiger partial charge in [-0.15, -0.1) is 4.91 Å². The predicted molar refractivity (Wildman–Crippen MR) is 74.3 cm³/mol. The van der Waals surface area contributed by atoms with E-state index < -0.39 is 41.5 Å². The zero-order valence-electron chi connectivity index (χ0n) is 10.5. The van der Waals surface area contributed by atoms with Crippen molar-refractivity contribution in [2.24, 2.45) is 5.18 Å². The van der Waals surface area contributed by atoms with Gasteiger partial charge in [0.1, 0.15) is 4.90 Å². The van der Waals surface area contributed by atoms with Crippen LogP contribution in [0.15, 0.2) is 39.2 Å². The maximum atomic E-state index is 11.1. The standard InChI is InChI=1S/C10H7NO8S2.H2O/c12-10-8(21(17,18)19)4-5-3-6(20(14,15)16)1-2-7(5)9(10)11-13;/h1-4,12H,(H,14,15,16)(H,17,18,19);1H2. The first kappa shape index (κ1) is 17.9. The number of hydrogen-bond donors (Lipinski definition) is 3. The van der Waals surface area contributed by atoms with Gasteiger partial charge >= 0.3 is 0 Å². The molecule has 22 heavy (non-hydrogen) atoms. The first-order valence-electron chi connectivity index (χ1n) is 5.14. The van der Waals surface area contributed by atoms with Crippen LogP contribution in [0.3, 0.4) is 0 Å². The van der Waals surface area contributed by atoms with E-state index >= 15 is 0 Å². The number of phenolic OH excluding ortho intramolecular Hbond substituents is 1. The average molecular weight is 351 g/mol. The van der Waals surface area contributed by atoms with E-state index in [2.05, 4.69) is 5.18 Å². The lowest BCUT2D eigenvalue weighted by atomic mass is 10.1. The third-order valence-electron chi connectivity index (χ3n) is 2.69. The van der Waals surface area contributed by atoms with Gasteiger partial charge in [0, 0.05) is 5.39 Å². The molecule has 0 amide bonds. The highest BCUT2D eigenvalue weighted by Crippen LogP contribution is 2.40. The summed E-state index contributed by atoms with van der Waals surface area (Å²) in [6, 6.07) is 3.62. The highest BCUT2D eigenvalue weighted by molar-refractivity contribution is 7.86. The Hall–Kier alpha value is -2.12. The molecule has 0 heterocycles. The summed E-state index contributed by atoms with van der Waals surface area (Å²) in [7, 11) is -9.42. The second kappa shape index (κ2) is 5.58. The minimum absolute atomic E-state index is 0. The first-order chi connectivity index (χ1) is 9.55. The highest BCUT2D eigenvalue weighted by atomic mass is 32.2. The average Bonchev–Trinajstić information content (AvgIpc) is 2.35. The monoisotopic (exact) mass is 351 g/mol. The van der Waals surface area contributed by atoms with Crippen molar-refractivity contribution >= 4 is 36.7 Å². The zero-order valence-corrected chi connectivity index (χ0v) is 12.1. The number of phenols is 1. The SMILES string of the molecule is O.O=Nc1c(O)c(S(=O)(=O)O)cc2cc(S(=O)(=O)O)ccc12. The maximum Gasteiger partial charge on any atom is 0.298 e. The van der Waals surface area contributed by atoms with Crippen molar-refractivity contribution < 1.29 is 36.5 Å². The number of rotatable bonds is 3. The van der Waals surface area contributed by atoms with Crippen molar-refractivity contribution in [3.63, 3.8) is 0 Å². The van der Waals surface area contributed by atoms with Crippen LogP contribution >= 0.6 is 0 Å². The van der Waals surface area contributed by atoms with E-state index in [-0.39, 0.29) is 16.2 Å². The molecule has 0 aromatic heterocycles. The summed E-state index contributed by atoms with van der Waals surface area (Å²) in [6.45, 7) is 0. The van der Waals surface area contributed by atoms with Gasteiger partial charge in [0.05, 0.1) is 4.90 Å². The molecule has 2 aromatic carbocycles. The largest absolute Gasteiger partial charge is 0.504 e. The molecule has 2 rings (SSSR count). The summed E-state index contributed by atoms with van der Waals surface area (Å²) in [5, 5.41) is 11.9. The van der Waals surface area contributed by atoms with Crippen LogP contribution in [0, 0.1) is 4.91 Å². The molecule has 12 heteroatoms. The van der Waals surface area contributed by atoms with Crippen LogP contribution in [-0.2, 0) is 20.2 Å². The molecule has 0 aliphatic carbocycles. The lowest BCUT2D eigenvalue weighted by Crippen LogP contribution is -2.00. The van der Waals surface area contributed by atoms with E-state index in [9.17, 15) is 26.8 Å². The van der Waals surface area contributed by atoms with Gasteiger partial charge < -0.3 is 10.6 Å². The van der Waals surface area contributed by atoms with Gasteiger partial charge in [-0.05, 0) is 28.8 Å². The van der Waals surface area contributed by atoms with Crippen molar-refractivity contribution in [2.45, 2.75) is 9.79 Å². The molecule has 10 nitrogen and oxygen atoms in total. The van der Waals surface area contributed by atoms with Crippen molar-refractivity contribution in [3.8, 4) is 5.75 Å². The topological polar surface area (TPSA) is 190 Å². The van der Waals surface area contributed by atoms with Gasteiger partial charge in [-0.1, -0.05) is 6.07 Å². The van der Waals surface area contributed by atoms with E-state index in [1.807, 2.05) is 0 Å². The molecule has 0 atom stereocenters. The molecule has 0 radical (unpaired) electrons. The summed E-state index contributed by atoms with van der Waals surface area (Å²) >= 11 is 0. The quantitative estimate of drug-likeness (QED) is 0.529. The van der Waals surface area contributed by atoms with Gasteiger partial charge in [0.15, 0.2) is 11.4 Å². The Bertz CT molecular complexity index is 964. The van der Waals surface area contributed by atoms with E-state index in [1.54, 1.807) is 0 Å². The Morgan fingerprint density at radius 2 is 1.55 bits per heavy atom. The number of nitroso groups, excluding NO2 is 1. The van der Waals surface area contributed by atoms with Crippen LogP contribution in [0.25, 0.3) is 10.8 Å². The maximum absolute atomic E-state index is 11.1. The zero-order chi connectivity index (χ0) is 16.0. The van der Waals surface area contributed by atoms with Gasteiger partial charge in [-0.3, -0.25) is 9.11 Å². The predicted octanol–water partition coefficient (Wildman–Crippen LogP) is 0.612. The lowest BCUT2D eigenvalue weighted by molar-refractivity contribution is 0.445. The summed E-state index contributed by atoms with van der Waals surface area (Å²) in [5.41, 5.74) is -0.679. The van der Waals surface area contributed by atoms with Gasteiger partial charge in [0.25, 0.3) is 20.2 Å². The highest BCUT2D eigenvalue weighted by Gasteiger charge is 2.23. The molecule has 5 N–H and O–H groups in total. The van der Waals surface area contributed by atoms with Crippen molar-refractivity contribution in [3.05, 3.63) is 29.2 Å². The number of benzene rings is 2. The van der Waals surface area contributed by atoms with Crippen LogP contribution in [0.2, 0.25) is 0 Å². The number of fused-ring (bicyclic) bond motifs is 1. The van der Waals surface area contributed by atoms with Crippen molar-refractivity contribution in [1.29, 1.82) is 0 Å². The van der Waals surface area contributed by atoms with E-state index in [4.69, 9.17) is 9.11 Å². The summed E-state index contributed by atoms with van der Waals surface area (Å²) in [4.78, 5) is 9.19. The van der Waals surface area contributed by atoms with Crippen molar-refractivity contribution in [2.75, 3.05) is 0 Å². The Balaban J connectivity index is 0.00000242. The van der Waals surface area contributed by atoms with E-state index in [0.29, 0.717) is 0 Å². The molecular weight excluding hydrogens is 342 g/mol. The molecule has 120 valence electrons. The Morgan fingerprint density at radius 3 is 2.00 bits per heavy atom. The Kier molecular flexibility index (Phi) is 4.55. The number of nitrogens with zero attached hydrogens (tertiary/aromatic N) is 1. The molecule has 0 aliphatic rings. The first-order valence-corrected chi connectivity index (χ1v) is 8.02. The second-order valence-corrected chi connectivity index (χ2v) is 6.81. The molecule has 0 aliphatic heterocycles. The molecule has 0 saturated carbocycles. The van der Waals surface area contributed by atoms with E-state index in [1.165, 1.54) is 0 Å². The minimum Gasteiger partial charge on any atom is -0.504 e. The number of aromatic hydroxyl groups is 1. The smallest absolute Gasteiger partial charge is 0.298 e. The second-order valence-electron chi connectivity index (χ2n) is 4.00. The minimum atomic E-state index is -4.87. The van der Waals surface area contributed by atoms with Crippen LogP contribution in [0.4, 0.5) is 5.69 Å². The Morgan fingerprint density at radius 1 is 0.955 bits per heavy atom. The van der Waals surface area contributed by atoms with Crippen molar-refractivity contribution in [1.82, 2.24) is 0 Å². The summed E-state index contributed by atoms with van der Waals surface area (Å²) in [6.07, 6.45) is 0. The fourth-order valence-corrected chi connectivity index (χ4v) is 2.91. The van der Waals surface area contributed by atoms with Crippen LogP contribution in [0.1, 0.15) is 0 Å². The normalized spacial score (nSPS) is 11.9. The fraction of sp³-hybridized carbons (Fsp3) is 0. The molecule has 0 spiro atoms. The molecule has 0 saturated heterocycles. The molecule has 2 aromatic rings. The lowest BCUT2D eigenvalue weighted by Gasteiger charge is -2.08. The van der Waals surface area contributed by atoms with Gasteiger partial charge in [0.2, 0.25) is 0 Å². The molecule has 0 bridgehead atoms.